The number of carbonyl (C=O) groups excluding carboxylic acids is 2. The third-order valence-electron chi connectivity index (χ3n) is 5.68. The van der Waals surface area contributed by atoms with Gasteiger partial charge in [0.05, 0.1) is 0 Å². The maximum atomic E-state index is 12.5. The molecule has 0 spiro atoms. The Hall–Kier alpha value is -2.66. The molecule has 1 saturated heterocycles. The molecule has 0 bridgehead atoms. The second-order valence-electron chi connectivity index (χ2n) is 9.61. The number of unbranched alkanes of at least 4 members (excludes halogenated alkanes) is 1. The summed E-state index contributed by atoms with van der Waals surface area (Å²) in [4.78, 5) is 28.6. The van der Waals surface area contributed by atoms with E-state index in [1.807, 2.05) is 32.9 Å². The molecule has 1 fully saturated rings. The largest absolute Gasteiger partial charge is 0.443 e. The summed E-state index contributed by atoms with van der Waals surface area (Å²) in [5, 5.41) is 0. The summed E-state index contributed by atoms with van der Waals surface area (Å²) in [5.41, 5.74) is 2.02. The van der Waals surface area contributed by atoms with Crippen molar-refractivity contribution in [1.82, 2.24) is 9.80 Å². The lowest BCUT2D eigenvalue weighted by atomic mass is 10.1. The lowest BCUT2D eigenvalue weighted by Crippen LogP contribution is -2.42. The maximum Gasteiger partial charge on any atom is 0.417 e. The van der Waals surface area contributed by atoms with E-state index in [1.165, 1.54) is 16.0 Å². The van der Waals surface area contributed by atoms with E-state index in [2.05, 4.69) is 53.4 Å². The SMILES string of the molecule is CC(C)(C)OC(=O)N1C(=O)CC[C@@H]1CCCCN(Cc1ccccc1)Cc1ccccc1. The van der Waals surface area contributed by atoms with Gasteiger partial charge in [0, 0.05) is 25.6 Å². The molecule has 0 N–H and O–H groups in total. The number of imide groups is 1. The molecule has 1 atom stereocenters. The third kappa shape index (κ3) is 7.49. The first-order chi connectivity index (χ1) is 15.3. The van der Waals surface area contributed by atoms with Crippen LogP contribution in [0, 0.1) is 0 Å². The fraction of sp³-hybridized carbons (Fsp3) is 0.481. The van der Waals surface area contributed by atoms with Gasteiger partial charge in [-0.1, -0.05) is 67.1 Å². The fourth-order valence-electron chi connectivity index (χ4n) is 4.19. The van der Waals surface area contributed by atoms with Crippen LogP contribution in [0.1, 0.15) is 64.0 Å². The molecule has 0 aromatic heterocycles. The van der Waals surface area contributed by atoms with Crippen molar-refractivity contribution in [3.63, 3.8) is 0 Å². The highest BCUT2D eigenvalue weighted by atomic mass is 16.6. The zero-order valence-electron chi connectivity index (χ0n) is 19.6. The van der Waals surface area contributed by atoms with Gasteiger partial charge in [-0.05, 0) is 57.7 Å². The summed E-state index contributed by atoms with van der Waals surface area (Å²) in [5.74, 6) is -0.112. The van der Waals surface area contributed by atoms with Crippen LogP contribution in [-0.4, -0.2) is 40.0 Å². The second-order valence-corrected chi connectivity index (χ2v) is 9.61. The summed E-state index contributed by atoms with van der Waals surface area (Å²) in [6.45, 7) is 8.26. The molecular formula is C27H36N2O3. The van der Waals surface area contributed by atoms with Crippen molar-refractivity contribution in [2.45, 2.75) is 77.6 Å². The average Bonchev–Trinajstić information content (AvgIpc) is 3.12. The van der Waals surface area contributed by atoms with Crippen LogP contribution in [0.4, 0.5) is 4.79 Å². The van der Waals surface area contributed by atoms with Gasteiger partial charge in [0.2, 0.25) is 5.91 Å². The predicted octanol–water partition coefficient (Wildman–Crippen LogP) is 5.79. The number of hydrogen-bond acceptors (Lipinski definition) is 4. The van der Waals surface area contributed by atoms with Gasteiger partial charge in [0.15, 0.2) is 0 Å². The van der Waals surface area contributed by atoms with Gasteiger partial charge in [-0.2, -0.15) is 0 Å². The highest BCUT2D eigenvalue weighted by Gasteiger charge is 2.37. The van der Waals surface area contributed by atoms with Gasteiger partial charge in [-0.25, -0.2) is 9.69 Å². The molecular weight excluding hydrogens is 400 g/mol. The molecule has 1 aliphatic rings. The molecule has 2 aromatic carbocycles. The number of amides is 2. The van der Waals surface area contributed by atoms with Crippen molar-refractivity contribution in [2.24, 2.45) is 0 Å². The quantitative estimate of drug-likeness (QED) is 0.467. The zero-order chi connectivity index (χ0) is 23.0. The Balaban J connectivity index is 1.53. The van der Waals surface area contributed by atoms with Crippen LogP contribution in [0.25, 0.3) is 0 Å². The Bertz CT molecular complexity index is 820. The minimum Gasteiger partial charge on any atom is -0.443 e. The molecule has 0 unspecified atom stereocenters. The number of benzene rings is 2. The summed E-state index contributed by atoms with van der Waals surface area (Å²) >= 11 is 0. The molecule has 5 nitrogen and oxygen atoms in total. The average molecular weight is 437 g/mol. The Kier molecular flexibility index (Phi) is 8.46. The summed E-state index contributed by atoms with van der Waals surface area (Å²) in [6, 6.07) is 21.0. The van der Waals surface area contributed by atoms with Crippen LogP contribution in [0.5, 0.6) is 0 Å². The topological polar surface area (TPSA) is 49.9 Å². The summed E-state index contributed by atoms with van der Waals surface area (Å²) in [7, 11) is 0. The molecule has 32 heavy (non-hydrogen) atoms. The molecule has 1 heterocycles. The van der Waals surface area contributed by atoms with E-state index in [1.54, 1.807) is 0 Å². The standard InChI is InChI=1S/C27H36N2O3/c1-27(2,3)32-26(31)29-24(17-18-25(29)30)16-10-11-19-28(20-22-12-6-4-7-13-22)21-23-14-8-5-9-15-23/h4-9,12-15,24H,10-11,16-21H2,1-3H3/t24-/m0/s1. The Morgan fingerprint density at radius 2 is 1.53 bits per heavy atom. The summed E-state index contributed by atoms with van der Waals surface area (Å²) < 4.78 is 5.46. The highest BCUT2D eigenvalue weighted by molar-refractivity contribution is 5.94. The van der Waals surface area contributed by atoms with E-state index in [-0.39, 0.29) is 11.9 Å². The van der Waals surface area contributed by atoms with E-state index in [0.717, 1.165) is 45.3 Å². The van der Waals surface area contributed by atoms with Gasteiger partial charge < -0.3 is 4.74 Å². The first kappa shape index (κ1) is 24.0. The van der Waals surface area contributed by atoms with E-state index in [9.17, 15) is 9.59 Å². The number of nitrogens with zero attached hydrogens (tertiary/aromatic N) is 2. The summed E-state index contributed by atoms with van der Waals surface area (Å²) in [6.07, 6.45) is 3.48. The van der Waals surface area contributed by atoms with Gasteiger partial charge in [0.25, 0.3) is 0 Å². The van der Waals surface area contributed by atoms with Crippen molar-refractivity contribution in [2.75, 3.05) is 6.54 Å². The smallest absolute Gasteiger partial charge is 0.417 e. The lowest BCUT2D eigenvalue weighted by molar-refractivity contribution is -0.128. The molecule has 3 rings (SSSR count). The molecule has 0 radical (unpaired) electrons. The minimum atomic E-state index is -0.597. The van der Waals surface area contributed by atoms with Crippen LogP contribution in [0.3, 0.4) is 0 Å². The van der Waals surface area contributed by atoms with Gasteiger partial charge >= 0.3 is 6.09 Å². The Labute approximate surface area is 192 Å². The van der Waals surface area contributed by atoms with E-state index in [4.69, 9.17) is 4.74 Å². The monoisotopic (exact) mass is 436 g/mol. The maximum absolute atomic E-state index is 12.5. The second kappa shape index (κ2) is 11.3. The molecule has 2 aromatic rings. The van der Waals surface area contributed by atoms with Crippen LogP contribution in [0.15, 0.2) is 60.7 Å². The number of ether oxygens (including phenoxy) is 1. The lowest BCUT2D eigenvalue weighted by Gasteiger charge is -2.27. The van der Waals surface area contributed by atoms with Crippen LogP contribution < -0.4 is 0 Å². The molecule has 5 heteroatoms. The van der Waals surface area contributed by atoms with Crippen LogP contribution in [0.2, 0.25) is 0 Å². The zero-order valence-corrected chi connectivity index (χ0v) is 19.6. The number of rotatable bonds is 9. The Morgan fingerprint density at radius 3 is 2.06 bits per heavy atom. The van der Waals surface area contributed by atoms with E-state index < -0.39 is 11.7 Å². The van der Waals surface area contributed by atoms with Gasteiger partial charge in [-0.15, -0.1) is 0 Å². The molecule has 0 saturated carbocycles. The number of likely N-dealkylation sites (tertiary alicyclic amines) is 1. The highest BCUT2D eigenvalue weighted by Crippen LogP contribution is 2.26. The van der Waals surface area contributed by atoms with Crippen LogP contribution >= 0.6 is 0 Å². The van der Waals surface area contributed by atoms with Crippen molar-refractivity contribution in [3.05, 3.63) is 71.8 Å². The van der Waals surface area contributed by atoms with Crippen molar-refractivity contribution >= 4 is 12.0 Å². The van der Waals surface area contributed by atoms with Crippen molar-refractivity contribution in [3.8, 4) is 0 Å². The van der Waals surface area contributed by atoms with E-state index in [0.29, 0.717) is 6.42 Å². The molecule has 0 aliphatic carbocycles. The predicted molar refractivity (Wildman–Crippen MR) is 127 cm³/mol. The Morgan fingerprint density at radius 1 is 0.969 bits per heavy atom. The first-order valence-corrected chi connectivity index (χ1v) is 11.7. The number of carbonyl (C=O) groups is 2. The molecule has 1 aliphatic heterocycles. The first-order valence-electron chi connectivity index (χ1n) is 11.7. The minimum absolute atomic E-state index is 0.0472. The third-order valence-corrected chi connectivity index (χ3v) is 5.68. The molecule has 2 amide bonds. The van der Waals surface area contributed by atoms with E-state index >= 15 is 0 Å². The normalized spacial score (nSPS) is 16.6. The fourth-order valence-corrected chi connectivity index (χ4v) is 4.19. The van der Waals surface area contributed by atoms with Crippen molar-refractivity contribution in [1.29, 1.82) is 0 Å². The van der Waals surface area contributed by atoms with Crippen molar-refractivity contribution < 1.29 is 14.3 Å². The van der Waals surface area contributed by atoms with Gasteiger partial charge in [0.1, 0.15) is 5.60 Å². The van der Waals surface area contributed by atoms with Gasteiger partial charge in [-0.3, -0.25) is 9.69 Å². The molecule has 172 valence electrons. The van der Waals surface area contributed by atoms with Crippen LogP contribution in [-0.2, 0) is 22.6 Å². The number of hydrogen-bond donors (Lipinski definition) is 0.